The van der Waals surface area contributed by atoms with E-state index in [9.17, 15) is 9.59 Å². The van der Waals surface area contributed by atoms with Gasteiger partial charge < -0.3 is 4.74 Å². The number of carbonyl (C=O) groups excluding carboxylic acids is 2. The summed E-state index contributed by atoms with van der Waals surface area (Å²) in [5.41, 5.74) is 0. The molecule has 0 N–H and O–H groups in total. The third-order valence-corrected chi connectivity index (χ3v) is 2.17. The molecule has 1 aliphatic rings. The standard InChI is InChI=1S/C8H10N2O3/c1-5-7(11)6(3-9)4-10(5)8(12)13-2/h5-6H,4H2,1-2H3. The van der Waals surface area contributed by atoms with Crippen LogP contribution < -0.4 is 0 Å². The minimum atomic E-state index is -0.700. The second-order valence-electron chi connectivity index (χ2n) is 2.88. The molecule has 2 unspecified atom stereocenters. The van der Waals surface area contributed by atoms with Gasteiger partial charge in [-0.3, -0.25) is 9.69 Å². The zero-order valence-corrected chi connectivity index (χ0v) is 7.48. The summed E-state index contributed by atoms with van der Waals surface area (Å²) in [5.74, 6) is -0.915. The van der Waals surface area contributed by atoms with Crippen molar-refractivity contribution in [2.45, 2.75) is 13.0 Å². The van der Waals surface area contributed by atoms with Crippen LogP contribution in [0, 0.1) is 17.2 Å². The average Bonchev–Trinajstić information content (AvgIpc) is 2.43. The smallest absolute Gasteiger partial charge is 0.410 e. The lowest BCUT2D eigenvalue weighted by molar-refractivity contribution is -0.120. The highest BCUT2D eigenvalue weighted by atomic mass is 16.5. The molecule has 0 aromatic rings. The van der Waals surface area contributed by atoms with E-state index in [0.29, 0.717) is 0 Å². The summed E-state index contributed by atoms with van der Waals surface area (Å²) < 4.78 is 4.47. The van der Waals surface area contributed by atoms with Gasteiger partial charge in [-0.05, 0) is 6.92 Å². The van der Waals surface area contributed by atoms with E-state index in [0.717, 1.165) is 0 Å². The van der Waals surface area contributed by atoms with Crippen LogP contribution in [0.2, 0.25) is 0 Å². The predicted octanol–water partition coefficient (Wildman–Crippen LogP) is 0.166. The summed E-state index contributed by atoms with van der Waals surface area (Å²) in [5, 5.41) is 8.58. The van der Waals surface area contributed by atoms with Gasteiger partial charge in [0.05, 0.1) is 19.2 Å². The molecule has 70 valence electrons. The molecule has 0 saturated carbocycles. The number of nitriles is 1. The normalized spacial score (nSPS) is 27.2. The summed E-state index contributed by atoms with van der Waals surface area (Å²) in [6.45, 7) is 1.74. The zero-order valence-electron chi connectivity index (χ0n) is 7.48. The fourth-order valence-electron chi connectivity index (χ4n) is 1.34. The summed E-state index contributed by atoms with van der Waals surface area (Å²) in [6.07, 6.45) is -0.557. The Hall–Kier alpha value is -1.57. The largest absolute Gasteiger partial charge is 0.453 e. The molecule has 0 bridgehead atoms. The number of Topliss-reactive ketones (excluding diaryl/α,β-unsaturated/α-hetero) is 1. The lowest BCUT2D eigenvalue weighted by Gasteiger charge is -2.17. The van der Waals surface area contributed by atoms with E-state index >= 15 is 0 Å². The maximum atomic E-state index is 11.3. The molecule has 0 aromatic carbocycles. The number of hydrogen-bond donors (Lipinski definition) is 0. The first-order valence-electron chi connectivity index (χ1n) is 3.89. The molecule has 2 atom stereocenters. The van der Waals surface area contributed by atoms with E-state index in [1.807, 2.05) is 6.07 Å². The second-order valence-corrected chi connectivity index (χ2v) is 2.88. The van der Waals surface area contributed by atoms with Crippen LogP contribution in [0.4, 0.5) is 4.79 Å². The third kappa shape index (κ3) is 1.47. The molecule has 1 heterocycles. The zero-order chi connectivity index (χ0) is 10.0. The predicted molar refractivity (Wildman–Crippen MR) is 42.7 cm³/mol. The van der Waals surface area contributed by atoms with Gasteiger partial charge in [0.2, 0.25) is 0 Å². The molecule has 1 fully saturated rings. The first kappa shape index (κ1) is 9.52. The number of carbonyl (C=O) groups is 2. The molecule has 5 heteroatoms. The Kier molecular flexibility index (Phi) is 2.52. The first-order valence-corrected chi connectivity index (χ1v) is 3.89. The molecule has 5 nitrogen and oxygen atoms in total. The molecule has 1 rings (SSSR count). The highest BCUT2D eigenvalue weighted by Crippen LogP contribution is 2.19. The van der Waals surface area contributed by atoms with Gasteiger partial charge in [0, 0.05) is 6.54 Å². The van der Waals surface area contributed by atoms with Crippen molar-refractivity contribution in [3.05, 3.63) is 0 Å². The molecular weight excluding hydrogens is 172 g/mol. The monoisotopic (exact) mass is 182 g/mol. The molecule has 0 spiro atoms. The lowest BCUT2D eigenvalue weighted by Crippen LogP contribution is -2.35. The van der Waals surface area contributed by atoms with Crippen molar-refractivity contribution in [1.29, 1.82) is 5.26 Å². The van der Waals surface area contributed by atoms with Gasteiger partial charge >= 0.3 is 6.09 Å². The minimum Gasteiger partial charge on any atom is -0.453 e. The Morgan fingerprint density at radius 1 is 1.77 bits per heavy atom. The van der Waals surface area contributed by atoms with Crippen molar-refractivity contribution >= 4 is 11.9 Å². The number of hydrogen-bond acceptors (Lipinski definition) is 4. The van der Waals surface area contributed by atoms with Crippen molar-refractivity contribution in [2.24, 2.45) is 5.92 Å². The Balaban J connectivity index is 2.78. The van der Waals surface area contributed by atoms with Crippen molar-refractivity contribution in [1.82, 2.24) is 4.90 Å². The van der Waals surface area contributed by atoms with Crippen molar-refractivity contribution in [3.63, 3.8) is 0 Å². The van der Waals surface area contributed by atoms with Crippen molar-refractivity contribution in [3.8, 4) is 6.07 Å². The molecule has 0 aliphatic carbocycles. The fraction of sp³-hybridized carbons (Fsp3) is 0.625. The van der Waals surface area contributed by atoms with Gasteiger partial charge in [-0.2, -0.15) is 5.26 Å². The maximum absolute atomic E-state index is 11.3. The number of ether oxygens (including phenoxy) is 1. The molecule has 13 heavy (non-hydrogen) atoms. The number of ketones is 1. The Morgan fingerprint density at radius 3 is 2.77 bits per heavy atom. The van der Waals surface area contributed by atoms with E-state index in [1.165, 1.54) is 12.0 Å². The number of methoxy groups -OCH3 is 1. The van der Waals surface area contributed by atoms with Crippen LogP contribution in [-0.4, -0.2) is 36.5 Å². The molecule has 1 saturated heterocycles. The van der Waals surface area contributed by atoms with Crippen molar-refractivity contribution < 1.29 is 14.3 Å². The number of likely N-dealkylation sites (tertiary alicyclic amines) is 1. The highest BCUT2D eigenvalue weighted by Gasteiger charge is 2.40. The van der Waals surface area contributed by atoms with E-state index in [4.69, 9.17) is 5.26 Å². The Labute approximate surface area is 75.9 Å². The lowest BCUT2D eigenvalue weighted by atomic mass is 10.1. The summed E-state index contributed by atoms with van der Waals surface area (Å²) in [6, 6.07) is 1.31. The SMILES string of the molecule is COC(=O)N1CC(C#N)C(=O)C1C. The first-order chi connectivity index (χ1) is 6.11. The van der Waals surface area contributed by atoms with Crippen LogP contribution in [0.5, 0.6) is 0 Å². The molecule has 1 amide bonds. The highest BCUT2D eigenvalue weighted by molar-refractivity contribution is 5.93. The van der Waals surface area contributed by atoms with Crippen LogP contribution in [0.25, 0.3) is 0 Å². The van der Waals surface area contributed by atoms with Crippen LogP contribution in [0.15, 0.2) is 0 Å². The number of nitrogens with zero attached hydrogens (tertiary/aromatic N) is 2. The summed E-state index contributed by atoms with van der Waals surface area (Å²) in [7, 11) is 1.25. The topological polar surface area (TPSA) is 70.4 Å². The summed E-state index contributed by atoms with van der Waals surface area (Å²) >= 11 is 0. The number of rotatable bonds is 0. The molecular formula is C8H10N2O3. The average molecular weight is 182 g/mol. The quantitative estimate of drug-likeness (QED) is 0.535. The van der Waals surface area contributed by atoms with E-state index in [2.05, 4.69) is 4.74 Å². The minimum absolute atomic E-state index is 0.142. The van der Waals surface area contributed by atoms with Gasteiger partial charge in [0.25, 0.3) is 0 Å². The van der Waals surface area contributed by atoms with Gasteiger partial charge in [0.1, 0.15) is 5.92 Å². The fourth-order valence-corrected chi connectivity index (χ4v) is 1.34. The van der Waals surface area contributed by atoms with Crippen LogP contribution in [0.3, 0.4) is 0 Å². The molecule has 0 aromatic heterocycles. The van der Waals surface area contributed by atoms with Gasteiger partial charge in [-0.15, -0.1) is 0 Å². The van der Waals surface area contributed by atoms with Crippen molar-refractivity contribution in [2.75, 3.05) is 13.7 Å². The number of amides is 1. The Morgan fingerprint density at radius 2 is 2.38 bits per heavy atom. The van der Waals surface area contributed by atoms with Gasteiger partial charge in [-0.1, -0.05) is 0 Å². The van der Waals surface area contributed by atoms with Crippen LogP contribution in [0.1, 0.15) is 6.92 Å². The van der Waals surface area contributed by atoms with Gasteiger partial charge in [0.15, 0.2) is 5.78 Å². The second kappa shape index (κ2) is 3.44. The maximum Gasteiger partial charge on any atom is 0.410 e. The molecule has 0 radical (unpaired) electrons. The Bertz CT molecular complexity index is 282. The van der Waals surface area contributed by atoms with Gasteiger partial charge in [-0.25, -0.2) is 4.79 Å². The van der Waals surface area contributed by atoms with E-state index in [1.54, 1.807) is 6.92 Å². The summed E-state index contributed by atoms with van der Waals surface area (Å²) in [4.78, 5) is 23.6. The molecule has 1 aliphatic heterocycles. The third-order valence-electron chi connectivity index (χ3n) is 2.17. The van der Waals surface area contributed by atoms with E-state index < -0.39 is 18.1 Å². The van der Waals surface area contributed by atoms with E-state index in [-0.39, 0.29) is 12.3 Å². The van der Waals surface area contributed by atoms with Crippen LogP contribution in [-0.2, 0) is 9.53 Å². The van der Waals surface area contributed by atoms with Crippen LogP contribution >= 0.6 is 0 Å².